The Morgan fingerprint density at radius 2 is 1.37 bits per heavy atom. The molecule has 2 aromatic rings. The zero-order chi connectivity index (χ0) is 13.9. The quantitative estimate of drug-likeness (QED) is 0.610. The highest BCUT2D eigenvalue weighted by Gasteiger charge is 2.41. The van der Waals surface area contributed by atoms with E-state index in [0.29, 0.717) is 0 Å². The van der Waals surface area contributed by atoms with Gasteiger partial charge in [-0.3, -0.25) is 0 Å². The topological polar surface area (TPSA) is 26.3 Å². The summed E-state index contributed by atoms with van der Waals surface area (Å²) < 4.78 is 40.2. The Kier molecular flexibility index (Phi) is 3.55. The smallest absolute Gasteiger partial charge is 0.420 e. The number of carbonyl (C=O) groups is 1. The van der Waals surface area contributed by atoms with Gasteiger partial charge in [0.15, 0.2) is 0 Å². The molecule has 0 N–H and O–H groups in total. The van der Waals surface area contributed by atoms with Crippen molar-refractivity contribution in [2.24, 2.45) is 0 Å². The van der Waals surface area contributed by atoms with E-state index in [4.69, 9.17) is 0 Å². The van der Waals surface area contributed by atoms with Gasteiger partial charge < -0.3 is 4.74 Å². The van der Waals surface area contributed by atoms with E-state index >= 15 is 0 Å². The lowest BCUT2D eigenvalue weighted by Crippen LogP contribution is -2.27. The van der Waals surface area contributed by atoms with Crippen LogP contribution in [0.1, 0.15) is 0 Å². The van der Waals surface area contributed by atoms with E-state index in [0.717, 1.165) is 11.1 Å². The normalized spacial score (nSPS) is 11.1. The van der Waals surface area contributed by atoms with Crippen molar-refractivity contribution >= 4 is 5.97 Å². The molecule has 0 radical (unpaired) electrons. The van der Waals surface area contributed by atoms with E-state index in [9.17, 15) is 18.0 Å². The molecule has 0 aliphatic carbocycles. The first kappa shape index (κ1) is 13.1. The third kappa shape index (κ3) is 3.34. The van der Waals surface area contributed by atoms with E-state index in [1.165, 1.54) is 12.1 Å². The van der Waals surface area contributed by atoms with Gasteiger partial charge >= 0.3 is 12.1 Å². The predicted molar refractivity (Wildman–Crippen MR) is 63.6 cm³/mol. The van der Waals surface area contributed by atoms with Crippen LogP contribution in [-0.2, 0) is 4.79 Å². The van der Waals surface area contributed by atoms with Crippen LogP contribution in [0.5, 0.6) is 5.75 Å². The average molecular weight is 266 g/mol. The Bertz CT molecular complexity index is 559. The maximum atomic E-state index is 12.0. The Morgan fingerprint density at radius 1 is 0.842 bits per heavy atom. The van der Waals surface area contributed by atoms with Gasteiger partial charge in [0.1, 0.15) is 5.75 Å². The summed E-state index contributed by atoms with van der Waals surface area (Å²) in [6.45, 7) is 0. The molecule has 0 heterocycles. The molecule has 0 unspecified atom stereocenters. The minimum atomic E-state index is -4.99. The molecular weight excluding hydrogens is 257 g/mol. The van der Waals surface area contributed by atoms with Crippen molar-refractivity contribution in [3.8, 4) is 16.9 Å². The van der Waals surface area contributed by atoms with Gasteiger partial charge in [-0.25, -0.2) is 4.79 Å². The molecule has 2 rings (SSSR count). The molecule has 5 heteroatoms. The van der Waals surface area contributed by atoms with Crippen molar-refractivity contribution in [3.05, 3.63) is 54.6 Å². The van der Waals surface area contributed by atoms with E-state index in [1.807, 2.05) is 30.3 Å². The van der Waals surface area contributed by atoms with E-state index in [-0.39, 0.29) is 5.75 Å². The van der Waals surface area contributed by atoms with Gasteiger partial charge in [-0.05, 0) is 23.3 Å². The summed E-state index contributed by atoms with van der Waals surface area (Å²) in [7, 11) is 0. The number of benzene rings is 2. The Morgan fingerprint density at radius 3 is 1.89 bits per heavy atom. The van der Waals surface area contributed by atoms with Gasteiger partial charge in [0.05, 0.1) is 0 Å². The van der Waals surface area contributed by atoms with Crippen molar-refractivity contribution in [1.82, 2.24) is 0 Å². The summed E-state index contributed by atoms with van der Waals surface area (Å²) in [5, 5.41) is 0. The van der Waals surface area contributed by atoms with Crippen molar-refractivity contribution < 1.29 is 22.7 Å². The largest absolute Gasteiger partial charge is 0.491 e. The molecule has 2 aromatic carbocycles. The summed E-state index contributed by atoms with van der Waals surface area (Å²) in [6, 6.07) is 15.1. The van der Waals surface area contributed by atoms with Crippen molar-refractivity contribution in [2.75, 3.05) is 0 Å². The van der Waals surface area contributed by atoms with Crippen LogP contribution in [0.2, 0.25) is 0 Å². The number of hydrogen-bond acceptors (Lipinski definition) is 2. The maximum Gasteiger partial charge on any atom is 0.491 e. The second-order valence-electron chi connectivity index (χ2n) is 3.78. The molecule has 0 spiro atoms. The molecule has 0 aliphatic heterocycles. The average Bonchev–Trinajstić information content (AvgIpc) is 2.39. The summed E-state index contributed by atoms with van der Waals surface area (Å²) in [4.78, 5) is 10.6. The molecule has 0 aromatic heterocycles. The minimum Gasteiger partial charge on any atom is -0.420 e. The fraction of sp³-hybridized carbons (Fsp3) is 0.0714. The van der Waals surface area contributed by atoms with Crippen LogP contribution in [0.15, 0.2) is 54.6 Å². The number of alkyl halides is 3. The van der Waals surface area contributed by atoms with Gasteiger partial charge in [0.25, 0.3) is 0 Å². The molecule has 0 aliphatic rings. The first-order valence-corrected chi connectivity index (χ1v) is 5.41. The molecule has 2 nitrogen and oxygen atoms in total. The number of hydrogen-bond donors (Lipinski definition) is 0. The lowest BCUT2D eigenvalue weighted by Gasteiger charge is -2.07. The molecule has 0 fully saturated rings. The number of carbonyl (C=O) groups excluding carboxylic acids is 1. The Balaban J connectivity index is 2.14. The zero-order valence-electron chi connectivity index (χ0n) is 9.65. The maximum absolute atomic E-state index is 12.0. The van der Waals surface area contributed by atoms with Crippen LogP contribution in [0, 0.1) is 0 Å². The molecule has 98 valence electrons. The summed E-state index contributed by atoms with van der Waals surface area (Å²) in [5.74, 6) is -2.36. The third-order valence-electron chi connectivity index (χ3n) is 2.40. The molecule has 19 heavy (non-hydrogen) atoms. The molecule has 0 saturated heterocycles. The minimum absolute atomic E-state index is 0.137. The zero-order valence-corrected chi connectivity index (χ0v) is 9.65. The fourth-order valence-electron chi connectivity index (χ4n) is 1.51. The summed E-state index contributed by atoms with van der Waals surface area (Å²) in [6.07, 6.45) is -4.99. The van der Waals surface area contributed by atoms with Gasteiger partial charge in [-0.1, -0.05) is 42.5 Å². The lowest BCUT2D eigenvalue weighted by molar-refractivity contribution is -0.189. The molecular formula is C14H9F3O2. The molecule has 0 saturated carbocycles. The van der Waals surface area contributed by atoms with Gasteiger partial charge in [-0.2, -0.15) is 13.2 Å². The monoisotopic (exact) mass is 266 g/mol. The van der Waals surface area contributed by atoms with Crippen LogP contribution >= 0.6 is 0 Å². The van der Waals surface area contributed by atoms with Gasteiger partial charge in [0, 0.05) is 0 Å². The van der Waals surface area contributed by atoms with Crippen LogP contribution in [0.25, 0.3) is 11.1 Å². The van der Waals surface area contributed by atoms with Crippen LogP contribution in [0.3, 0.4) is 0 Å². The van der Waals surface area contributed by atoms with E-state index < -0.39 is 12.1 Å². The number of rotatable bonds is 2. The van der Waals surface area contributed by atoms with Crippen molar-refractivity contribution in [2.45, 2.75) is 6.18 Å². The summed E-state index contributed by atoms with van der Waals surface area (Å²) in [5.41, 5.74) is 1.75. The number of halogens is 3. The van der Waals surface area contributed by atoms with Crippen LogP contribution in [0.4, 0.5) is 13.2 Å². The van der Waals surface area contributed by atoms with Crippen LogP contribution in [-0.4, -0.2) is 12.1 Å². The molecule has 0 bridgehead atoms. The highest BCUT2D eigenvalue weighted by molar-refractivity contribution is 5.78. The molecule has 0 amide bonds. The Labute approximate surface area is 107 Å². The number of ether oxygens (including phenoxy) is 1. The highest BCUT2D eigenvalue weighted by Crippen LogP contribution is 2.24. The Hall–Kier alpha value is -2.30. The van der Waals surface area contributed by atoms with E-state index in [2.05, 4.69) is 4.74 Å². The summed E-state index contributed by atoms with van der Waals surface area (Å²) >= 11 is 0. The fourth-order valence-corrected chi connectivity index (χ4v) is 1.51. The van der Waals surface area contributed by atoms with E-state index in [1.54, 1.807) is 12.1 Å². The lowest BCUT2D eigenvalue weighted by atomic mass is 10.1. The van der Waals surface area contributed by atoms with Gasteiger partial charge in [0.2, 0.25) is 0 Å². The van der Waals surface area contributed by atoms with Crippen molar-refractivity contribution in [1.29, 1.82) is 0 Å². The number of esters is 1. The van der Waals surface area contributed by atoms with Crippen molar-refractivity contribution in [3.63, 3.8) is 0 Å². The SMILES string of the molecule is O=C(Oc1ccc(-c2ccccc2)cc1)C(F)(F)F. The standard InChI is InChI=1S/C14H9F3O2/c15-14(16,17)13(18)19-12-8-6-11(7-9-12)10-4-2-1-3-5-10/h1-9H. The molecule has 0 atom stereocenters. The highest BCUT2D eigenvalue weighted by atomic mass is 19.4. The second kappa shape index (κ2) is 5.14. The third-order valence-corrected chi connectivity index (χ3v) is 2.40. The predicted octanol–water partition coefficient (Wildman–Crippen LogP) is 3.82. The first-order chi connectivity index (χ1) is 8.97. The second-order valence-corrected chi connectivity index (χ2v) is 3.78. The van der Waals surface area contributed by atoms with Crippen LogP contribution < -0.4 is 4.74 Å². The first-order valence-electron chi connectivity index (χ1n) is 5.41. The van der Waals surface area contributed by atoms with Gasteiger partial charge in [-0.15, -0.1) is 0 Å².